The predicted molar refractivity (Wildman–Crippen MR) is 75.5 cm³/mol. The summed E-state index contributed by atoms with van der Waals surface area (Å²) in [5.41, 5.74) is 3.81. The molecule has 3 heteroatoms. The Morgan fingerprint density at radius 2 is 1.68 bits per heavy atom. The number of amides is 2. The van der Waals surface area contributed by atoms with Crippen LogP contribution in [0.25, 0.3) is 5.57 Å². The molecule has 1 aromatic rings. The molecule has 0 unspecified atom stereocenters. The lowest BCUT2D eigenvalue weighted by Gasteiger charge is -2.19. The van der Waals surface area contributed by atoms with Crippen LogP contribution in [0.5, 0.6) is 0 Å². The SMILES string of the molecule is CC(=C1CC(=O)NC1=O)c1ccc(C(C)(C)C)cc1. The number of benzene rings is 1. The van der Waals surface area contributed by atoms with Gasteiger partial charge in [0, 0.05) is 5.57 Å². The van der Waals surface area contributed by atoms with Gasteiger partial charge < -0.3 is 0 Å². The van der Waals surface area contributed by atoms with Gasteiger partial charge in [0.25, 0.3) is 5.91 Å². The molecule has 100 valence electrons. The Hall–Kier alpha value is -1.90. The normalized spacial score (nSPS) is 18.5. The number of imide groups is 1. The molecule has 0 saturated carbocycles. The number of rotatable bonds is 1. The summed E-state index contributed by atoms with van der Waals surface area (Å²) < 4.78 is 0. The minimum atomic E-state index is -0.262. The molecular weight excluding hydrogens is 238 g/mol. The van der Waals surface area contributed by atoms with Crippen molar-refractivity contribution in [2.75, 3.05) is 0 Å². The Bertz CT molecular complexity index is 559. The first-order valence-corrected chi connectivity index (χ1v) is 6.44. The molecule has 0 radical (unpaired) electrons. The zero-order valence-electron chi connectivity index (χ0n) is 11.8. The Kier molecular flexibility index (Phi) is 3.31. The largest absolute Gasteiger partial charge is 0.292 e. The minimum Gasteiger partial charge on any atom is -0.292 e. The smallest absolute Gasteiger partial charge is 0.254 e. The van der Waals surface area contributed by atoms with Gasteiger partial charge in [-0.05, 0) is 29.0 Å². The quantitative estimate of drug-likeness (QED) is 0.621. The summed E-state index contributed by atoms with van der Waals surface area (Å²) >= 11 is 0. The van der Waals surface area contributed by atoms with Gasteiger partial charge in [0.15, 0.2) is 0 Å². The molecule has 0 bridgehead atoms. The van der Waals surface area contributed by atoms with Crippen molar-refractivity contribution >= 4 is 17.4 Å². The van der Waals surface area contributed by atoms with Gasteiger partial charge in [-0.3, -0.25) is 14.9 Å². The number of carbonyl (C=O) groups is 2. The van der Waals surface area contributed by atoms with E-state index < -0.39 is 0 Å². The van der Waals surface area contributed by atoms with Crippen molar-refractivity contribution in [1.29, 1.82) is 0 Å². The maximum atomic E-state index is 11.6. The zero-order valence-corrected chi connectivity index (χ0v) is 11.8. The van der Waals surface area contributed by atoms with Crippen molar-refractivity contribution in [1.82, 2.24) is 5.32 Å². The fourth-order valence-corrected chi connectivity index (χ4v) is 2.18. The molecule has 1 N–H and O–H groups in total. The Morgan fingerprint density at radius 3 is 2.11 bits per heavy atom. The Morgan fingerprint density at radius 1 is 1.11 bits per heavy atom. The van der Waals surface area contributed by atoms with Crippen LogP contribution >= 0.6 is 0 Å². The monoisotopic (exact) mass is 257 g/mol. The van der Waals surface area contributed by atoms with Gasteiger partial charge in [0.2, 0.25) is 5.91 Å². The van der Waals surface area contributed by atoms with Crippen LogP contribution in [0.2, 0.25) is 0 Å². The molecule has 1 saturated heterocycles. The number of nitrogens with one attached hydrogen (secondary N) is 1. The van der Waals surface area contributed by atoms with Gasteiger partial charge in [-0.25, -0.2) is 0 Å². The third-order valence-electron chi connectivity index (χ3n) is 3.50. The minimum absolute atomic E-state index is 0.111. The average Bonchev–Trinajstić information content (AvgIpc) is 2.66. The van der Waals surface area contributed by atoms with E-state index in [2.05, 4.69) is 38.2 Å². The average molecular weight is 257 g/mol. The van der Waals surface area contributed by atoms with Gasteiger partial charge in [-0.2, -0.15) is 0 Å². The summed E-state index contributed by atoms with van der Waals surface area (Å²) in [6, 6.07) is 8.18. The standard InChI is InChI=1S/C16H19NO2/c1-10(13-9-14(18)17-15(13)19)11-5-7-12(8-6-11)16(2,3)4/h5-8H,9H2,1-4H3,(H,17,18,19). The number of hydrogen-bond donors (Lipinski definition) is 1. The molecule has 1 aliphatic rings. The molecule has 1 aliphatic heterocycles. The molecule has 0 spiro atoms. The molecule has 3 nitrogen and oxygen atoms in total. The Labute approximate surface area is 113 Å². The van der Waals surface area contributed by atoms with Crippen LogP contribution in [0.3, 0.4) is 0 Å². The lowest BCUT2D eigenvalue weighted by atomic mass is 9.86. The van der Waals surface area contributed by atoms with E-state index >= 15 is 0 Å². The van der Waals surface area contributed by atoms with Crippen molar-refractivity contribution < 1.29 is 9.59 Å². The van der Waals surface area contributed by atoms with Crippen molar-refractivity contribution in [3.63, 3.8) is 0 Å². The number of carbonyl (C=O) groups excluding carboxylic acids is 2. The lowest BCUT2D eigenvalue weighted by Crippen LogP contribution is -2.19. The van der Waals surface area contributed by atoms with E-state index in [4.69, 9.17) is 0 Å². The van der Waals surface area contributed by atoms with Crippen LogP contribution in [-0.2, 0) is 15.0 Å². The van der Waals surface area contributed by atoms with Gasteiger partial charge in [0.1, 0.15) is 0 Å². The molecule has 2 rings (SSSR count). The Balaban J connectivity index is 2.35. The van der Waals surface area contributed by atoms with Crippen molar-refractivity contribution in [3.8, 4) is 0 Å². The fourth-order valence-electron chi connectivity index (χ4n) is 2.18. The highest BCUT2D eigenvalue weighted by molar-refractivity contribution is 6.17. The molecular formula is C16H19NO2. The number of hydrogen-bond acceptors (Lipinski definition) is 2. The van der Waals surface area contributed by atoms with Crippen molar-refractivity contribution in [2.24, 2.45) is 0 Å². The summed E-state index contributed by atoms with van der Waals surface area (Å²) in [6.45, 7) is 8.38. The summed E-state index contributed by atoms with van der Waals surface area (Å²) in [5, 5.41) is 2.32. The van der Waals surface area contributed by atoms with Crippen LogP contribution in [0.1, 0.15) is 45.2 Å². The van der Waals surface area contributed by atoms with Gasteiger partial charge in [-0.1, -0.05) is 45.0 Å². The topological polar surface area (TPSA) is 46.2 Å². The third-order valence-corrected chi connectivity index (χ3v) is 3.50. The summed E-state index contributed by atoms with van der Waals surface area (Å²) in [7, 11) is 0. The summed E-state index contributed by atoms with van der Waals surface area (Å²) in [5.74, 6) is -0.479. The second-order valence-corrected chi connectivity index (χ2v) is 5.98. The number of allylic oxidation sites excluding steroid dienone is 1. The third kappa shape index (κ3) is 2.75. The van der Waals surface area contributed by atoms with Crippen LogP contribution in [0, 0.1) is 0 Å². The van der Waals surface area contributed by atoms with Gasteiger partial charge in [0.05, 0.1) is 6.42 Å². The van der Waals surface area contributed by atoms with Crippen LogP contribution < -0.4 is 5.32 Å². The second kappa shape index (κ2) is 4.65. The van der Waals surface area contributed by atoms with E-state index in [9.17, 15) is 9.59 Å². The van der Waals surface area contributed by atoms with Crippen LogP contribution in [-0.4, -0.2) is 11.8 Å². The van der Waals surface area contributed by atoms with E-state index in [-0.39, 0.29) is 23.7 Å². The van der Waals surface area contributed by atoms with Crippen LogP contribution in [0.15, 0.2) is 29.8 Å². The highest BCUT2D eigenvalue weighted by Crippen LogP contribution is 2.27. The highest BCUT2D eigenvalue weighted by Gasteiger charge is 2.26. The second-order valence-electron chi connectivity index (χ2n) is 5.98. The lowest BCUT2D eigenvalue weighted by molar-refractivity contribution is -0.124. The van der Waals surface area contributed by atoms with Crippen LogP contribution in [0.4, 0.5) is 0 Å². The van der Waals surface area contributed by atoms with E-state index in [1.807, 2.05) is 19.1 Å². The van der Waals surface area contributed by atoms with Crippen molar-refractivity contribution in [2.45, 2.75) is 39.5 Å². The molecule has 0 aliphatic carbocycles. The first-order chi connectivity index (χ1) is 8.79. The van der Waals surface area contributed by atoms with Gasteiger partial charge >= 0.3 is 0 Å². The molecule has 1 fully saturated rings. The molecule has 1 aromatic carbocycles. The van der Waals surface area contributed by atoms with Crippen molar-refractivity contribution in [3.05, 3.63) is 41.0 Å². The van der Waals surface area contributed by atoms with E-state index in [0.717, 1.165) is 11.1 Å². The molecule has 2 amide bonds. The first kappa shape index (κ1) is 13.5. The fraction of sp³-hybridized carbons (Fsp3) is 0.375. The van der Waals surface area contributed by atoms with E-state index in [1.54, 1.807) is 0 Å². The van der Waals surface area contributed by atoms with E-state index in [1.165, 1.54) is 5.56 Å². The highest BCUT2D eigenvalue weighted by atomic mass is 16.2. The molecule has 0 atom stereocenters. The zero-order chi connectivity index (χ0) is 14.2. The maximum absolute atomic E-state index is 11.6. The summed E-state index contributed by atoms with van der Waals surface area (Å²) in [6.07, 6.45) is 0.186. The first-order valence-electron chi connectivity index (χ1n) is 6.44. The summed E-state index contributed by atoms with van der Waals surface area (Å²) in [4.78, 5) is 22.9. The maximum Gasteiger partial charge on any atom is 0.254 e. The predicted octanol–water partition coefficient (Wildman–Crippen LogP) is 2.80. The van der Waals surface area contributed by atoms with Gasteiger partial charge in [-0.15, -0.1) is 0 Å². The molecule has 0 aromatic heterocycles. The molecule has 1 heterocycles. The molecule has 19 heavy (non-hydrogen) atoms. The van der Waals surface area contributed by atoms with E-state index in [0.29, 0.717) is 5.57 Å².